The van der Waals surface area contributed by atoms with Gasteiger partial charge in [0.2, 0.25) is 0 Å². The molecule has 0 aliphatic carbocycles. The number of hydrogen-bond donors (Lipinski definition) is 2. The minimum atomic E-state index is -0.0240. The number of aromatic amines is 1. The Balaban J connectivity index is 2.16. The highest BCUT2D eigenvalue weighted by molar-refractivity contribution is 5.92. The summed E-state index contributed by atoms with van der Waals surface area (Å²) < 4.78 is 0. The Morgan fingerprint density at radius 1 is 1.61 bits per heavy atom. The molecule has 1 atom stereocenters. The molecule has 0 aromatic carbocycles. The quantitative estimate of drug-likeness (QED) is 0.830. The molecule has 100 valence electrons. The van der Waals surface area contributed by atoms with Crippen molar-refractivity contribution in [3.8, 4) is 0 Å². The van der Waals surface area contributed by atoms with Crippen LogP contribution in [0.15, 0.2) is 6.07 Å². The van der Waals surface area contributed by atoms with Crippen molar-refractivity contribution in [1.82, 2.24) is 15.1 Å². The van der Waals surface area contributed by atoms with Crippen molar-refractivity contribution in [1.29, 1.82) is 0 Å². The van der Waals surface area contributed by atoms with Crippen molar-refractivity contribution in [2.75, 3.05) is 13.1 Å². The number of H-pyrrole nitrogens is 1. The number of likely N-dealkylation sites (tertiary alicyclic amines) is 1. The summed E-state index contributed by atoms with van der Waals surface area (Å²) in [4.78, 5) is 14.2. The first-order valence-corrected chi connectivity index (χ1v) is 6.50. The van der Waals surface area contributed by atoms with Crippen molar-refractivity contribution in [3.05, 3.63) is 17.5 Å². The molecule has 1 aliphatic rings. The summed E-state index contributed by atoms with van der Waals surface area (Å²) in [7, 11) is 0. The van der Waals surface area contributed by atoms with Crippen LogP contribution in [0.25, 0.3) is 0 Å². The second-order valence-corrected chi connectivity index (χ2v) is 5.95. The summed E-state index contributed by atoms with van der Waals surface area (Å²) in [6, 6.07) is 2.03. The van der Waals surface area contributed by atoms with Gasteiger partial charge in [0.15, 0.2) is 0 Å². The van der Waals surface area contributed by atoms with Crippen LogP contribution in [0, 0.1) is 0 Å². The van der Waals surface area contributed by atoms with Gasteiger partial charge in [0.25, 0.3) is 5.91 Å². The second kappa shape index (κ2) is 4.72. The van der Waals surface area contributed by atoms with Crippen molar-refractivity contribution in [2.24, 2.45) is 5.73 Å². The predicted molar refractivity (Wildman–Crippen MR) is 70.4 cm³/mol. The summed E-state index contributed by atoms with van der Waals surface area (Å²) in [5, 5.41) is 7.09. The Morgan fingerprint density at radius 3 is 2.89 bits per heavy atom. The minimum absolute atomic E-state index is 0.00491. The average Bonchev–Trinajstić information content (AvgIpc) is 2.96. The molecule has 2 rings (SSSR count). The van der Waals surface area contributed by atoms with Crippen LogP contribution in [0.1, 0.15) is 49.8 Å². The maximum atomic E-state index is 12.3. The number of hydrogen-bond acceptors (Lipinski definition) is 3. The highest BCUT2D eigenvalue weighted by atomic mass is 16.2. The SMILES string of the molecule is CC(C)(C)c1cc(C(=O)N2CCCC2CN)n[nH]1. The van der Waals surface area contributed by atoms with Gasteiger partial charge in [0.1, 0.15) is 5.69 Å². The number of nitrogens with two attached hydrogens (primary N) is 1. The number of nitrogens with zero attached hydrogens (tertiary/aromatic N) is 2. The number of rotatable bonds is 2. The highest BCUT2D eigenvalue weighted by Crippen LogP contribution is 2.23. The molecule has 5 heteroatoms. The van der Waals surface area contributed by atoms with E-state index in [0.717, 1.165) is 25.1 Å². The zero-order chi connectivity index (χ0) is 13.3. The lowest BCUT2D eigenvalue weighted by Crippen LogP contribution is -2.40. The van der Waals surface area contributed by atoms with Crippen molar-refractivity contribution < 1.29 is 4.79 Å². The van der Waals surface area contributed by atoms with Crippen molar-refractivity contribution in [2.45, 2.75) is 45.1 Å². The molecular weight excluding hydrogens is 228 g/mol. The van der Waals surface area contributed by atoms with E-state index in [-0.39, 0.29) is 17.4 Å². The molecule has 1 unspecified atom stereocenters. The van der Waals surface area contributed by atoms with E-state index in [0.29, 0.717) is 12.2 Å². The molecule has 18 heavy (non-hydrogen) atoms. The number of aromatic nitrogens is 2. The van der Waals surface area contributed by atoms with Gasteiger partial charge in [-0.1, -0.05) is 20.8 Å². The predicted octanol–water partition coefficient (Wildman–Crippen LogP) is 1.27. The number of amides is 1. The van der Waals surface area contributed by atoms with Crippen molar-refractivity contribution >= 4 is 5.91 Å². The van der Waals surface area contributed by atoms with Crippen LogP contribution >= 0.6 is 0 Å². The fourth-order valence-corrected chi connectivity index (χ4v) is 2.31. The summed E-state index contributed by atoms with van der Waals surface area (Å²) in [5.74, 6) is -0.00491. The Morgan fingerprint density at radius 2 is 2.33 bits per heavy atom. The molecule has 3 N–H and O–H groups in total. The molecule has 1 amide bonds. The topological polar surface area (TPSA) is 75.0 Å². The minimum Gasteiger partial charge on any atom is -0.333 e. The zero-order valence-corrected chi connectivity index (χ0v) is 11.4. The van der Waals surface area contributed by atoms with Gasteiger partial charge in [-0.25, -0.2) is 0 Å². The van der Waals surface area contributed by atoms with Crippen LogP contribution in [0.4, 0.5) is 0 Å². The molecule has 1 aliphatic heterocycles. The van der Waals surface area contributed by atoms with Crippen LogP contribution in [0.3, 0.4) is 0 Å². The molecule has 1 aromatic rings. The lowest BCUT2D eigenvalue weighted by atomic mass is 9.92. The average molecular weight is 250 g/mol. The summed E-state index contributed by atoms with van der Waals surface area (Å²) in [6.45, 7) is 7.59. The third kappa shape index (κ3) is 2.41. The van der Waals surface area contributed by atoms with Gasteiger partial charge in [-0.3, -0.25) is 9.89 Å². The van der Waals surface area contributed by atoms with Gasteiger partial charge in [-0.2, -0.15) is 5.10 Å². The van der Waals surface area contributed by atoms with Crippen LogP contribution in [0.2, 0.25) is 0 Å². The largest absolute Gasteiger partial charge is 0.333 e. The third-order valence-corrected chi connectivity index (χ3v) is 3.52. The first-order chi connectivity index (χ1) is 8.43. The van der Waals surface area contributed by atoms with Gasteiger partial charge in [-0.15, -0.1) is 0 Å². The molecule has 1 aromatic heterocycles. The van der Waals surface area contributed by atoms with E-state index < -0.39 is 0 Å². The molecule has 0 saturated carbocycles. The highest BCUT2D eigenvalue weighted by Gasteiger charge is 2.30. The fraction of sp³-hybridized carbons (Fsp3) is 0.692. The first kappa shape index (κ1) is 13.1. The lowest BCUT2D eigenvalue weighted by molar-refractivity contribution is 0.0735. The van der Waals surface area contributed by atoms with Gasteiger partial charge in [-0.05, 0) is 18.9 Å². The monoisotopic (exact) mass is 250 g/mol. The van der Waals surface area contributed by atoms with Gasteiger partial charge >= 0.3 is 0 Å². The number of carbonyl (C=O) groups is 1. The Labute approximate surface area is 108 Å². The molecule has 0 spiro atoms. The summed E-state index contributed by atoms with van der Waals surface area (Å²) in [6.07, 6.45) is 2.03. The van der Waals surface area contributed by atoms with E-state index in [4.69, 9.17) is 5.73 Å². The molecule has 1 fully saturated rings. The van der Waals surface area contributed by atoms with E-state index in [1.807, 2.05) is 11.0 Å². The van der Waals surface area contributed by atoms with E-state index in [2.05, 4.69) is 31.0 Å². The summed E-state index contributed by atoms with van der Waals surface area (Å²) >= 11 is 0. The van der Waals surface area contributed by atoms with Crippen LogP contribution in [0.5, 0.6) is 0 Å². The summed E-state index contributed by atoms with van der Waals surface area (Å²) in [5.41, 5.74) is 7.15. The maximum absolute atomic E-state index is 12.3. The van der Waals surface area contributed by atoms with E-state index in [1.165, 1.54) is 0 Å². The number of carbonyl (C=O) groups excluding carboxylic acids is 1. The molecule has 0 radical (unpaired) electrons. The molecule has 0 bridgehead atoms. The van der Waals surface area contributed by atoms with E-state index in [9.17, 15) is 4.79 Å². The van der Waals surface area contributed by atoms with Crippen LogP contribution < -0.4 is 5.73 Å². The zero-order valence-electron chi connectivity index (χ0n) is 11.4. The lowest BCUT2D eigenvalue weighted by Gasteiger charge is -2.22. The van der Waals surface area contributed by atoms with Crippen LogP contribution in [-0.4, -0.2) is 40.1 Å². The number of nitrogens with one attached hydrogen (secondary N) is 1. The first-order valence-electron chi connectivity index (χ1n) is 6.50. The van der Waals surface area contributed by atoms with Crippen molar-refractivity contribution in [3.63, 3.8) is 0 Å². The standard InChI is InChI=1S/C13H22N4O/c1-13(2,3)11-7-10(15-16-11)12(18)17-6-4-5-9(17)8-14/h7,9H,4-6,8,14H2,1-3H3,(H,15,16). The third-order valence-electron chi connectivity index (χ3n) is 3.52. The van der Waals surface area contributed by atoms with Gasteiger partial charge < -0.3 is 10.6 Å². The van der Waals surface area contributed by atoms with Gasteiger partial charge in [0, 0.05) is 30.2 Å². The normalized spacial score (nSPS) is 20.4. The Bertz CT molecular complexity index is 432. The van der Waals surface area contributed by atoms with Crippen LogP contribution in [-0.2, 0) is 5.41 Å². The van der Waals surface area contributed by atoms with E-state index in [1.54, 1.807) is 0 Å². The second-order valence-electron chi connectivity index (χ2n) is 5.95. The Hall–Kier alpha value is -1.36. The van der Waals surface area contributed by atoms with Gasteiger partial charge in [0.05, 0.1) is 0 Å². The maximum Gasteiger partial charge on any atom is 0.274 e. The molecular formula is C13H22N4O. The van der Waals surface area contributed by atoms with E-state index >= 15 is 0 Å². The smallest absolute Gasteiger partial charge is 0.274 e. The Kier molecular flexibility index (Phi) is 3.43. The molecule has 2 heterocycles. The fourth-order valence-electron chi connectivity index (χ4n) is 2.31. The molecule has 1 saturated heterocycles. The molecule has 5 nitrogen and oxygen atoms in total.